The minimum absolute atomic E-state index is 0.219. The second-order valence-electron chi connectivity index (χ2n) is 6.85. The maximum atomic E-state index is 12.9. The van der Waals surface area contributed by atoms with Crippen LogP contribution < -0.4 is 9.47 Å². The molecule has 4 aliphatic rings. The van der Waals surface area contributed by atoms with Gasteiger partial charge in [0, 0.05) is 17.5 Å². The van der Waals surface area contributed by atoms with Crippen LogP contribution in [0.2, 0.25) is 5.02 Å². The highest BCUT2D eigenvalue weighted by Crippen LogP contribution is 2.70. The molecule has 2 bridgehead atoms. The first kappa shape index (κ1) is 12.3. The van der Waals surface area contributed by atoms with Gasteiger partial charge >= 0.3 is 0 Å². The van der Waals surface area contributed by atoms with Gasteiger partial charge in [0.25, 0.3) is 0 Å². The van der Waals surface area contributed by atoms with Gasteiger partial charge in [-0.2, -0.15) is 0 Å². The van der Waals surface area contributed by atoms with Gasteiger partial charge in [0.2, 0.25) is 0 Å². The van der Waals surface area contributed by atoms with Crippen molar-refractivity contribution in [1.29, 1.82) is 0 Å². The van der Waals surface area contributed by atoms with Crippen LogP contribution in [0.3, 0.4) is 0 Å². The van der Waals surface area contributed by atoms with Crippen molar-refractivity contribution >= 4 is 17.4 Å². The Kier molecular flexibility index (Phi) is 2.44. The predicted octanol–water partition coefficient (Wildman–Crippen LogP) is 3.59. The molecule has 0 aromatic heterocycles. The topological polar surface area (TPSA) is 35.5 Å². The van der Waals surface area contributed by atoms with E-state index in [1.165, 1.54) is 19.3 Å². The lowest BCUT2D eigenvalue weighted by atomic mass is 9.96. The number of fused-ring (bicyclic) bond motifs is 6. The van der Waals surface area contributed by atoms with E-state index in [0.29, 0.717) is 47.1 Å². The molecule has 0 radical (unpaired) electrons. The van der Waals surface area contributed by atoms with E-state index in [-0.39, 0.29) is 11.7 Å². The van der Waals surface area contributed by atoms with Crippen molar-refractivity contribution < 1.29 is 14.3 Å². The van der Waals surface area contributed by atoms with Crippen LogP contribution in [-0.2, 0) is 0 Å². The number of benzene rings is 1. The van der Waals surface area contributed by atoms with Gasteiger partial charge in [-0.05, 0) is 49.0 Å². The third kappa shape index (κ3) is 1.64. The first-order valence-corrected chi connectivity index (χ1v) is 8.25. The van der Waals surface area contributed by atoms with Crippen LogP contribution in [0.4, 0.5) is 0 Å². The number of Topliss-reactive ketones (excluding diaryl/α,β-unsaturated/α-hetero) is 1. The number of rotatable bonds is 2. The second-order valence-corrected chi connectivity index (χ2v) is 7.26. The van der Waals surface area contributed by atoms with Gasteiger partial charge in [-0.25, -0.2) is 0 Å². The minimum Gasteiger partial charge on any atom is -0.486 e. The lowest BCUT2D eigenvalue weighted by molar-refractivity contribution is 0.0943. The lowest BCUT2D eigenvalue weighted by Crippen LogP contribution is -2.17. The van der Waals surface area contributed by atoms with E-state index in [9.17, 15) is 4.79 Å². The number of hydrogen-bond donors (Lipinski definition) is 0. The Bertz CT molecular complexity index is 625. The van der Waals surface area contributed by atoms with Crippen molar-refractivity contribution in [2.75, 3.05) is 13.2 Å². The maximum absolute atomic E-state index is 12.9. The Morgan fingerprint density at radius 3 is 2.33 bits per heavy atom. The fourth-order valence-corrected chi connectivity index (χ4v) is 5.35. The van der Waals surface area contributed by atoms with Gasteiger partial charge in [0.1, 0.15) is 13.2 Å². The summed E-state index contributed by atoms with van der Waals surface area (Å²) in [4.78, 5) is 12.9. The Hall–Kier alpha value is -1.22. The maximum Gasteiger partial charge on any atom is 0.168 e. The molecular formula is C17H17ClO3. The fraction of sp³-hybridized carbons (Fsp3) is 0.588. The second kappa shape index (κ2) is 4.16. The third-order valence-corrected chi connectivity index (χ3v) is 6.25. The minimum atomic E-state index is 0.219. The molecule has 1 aliphatic heterocycles. The zero-order valence-corrected chi connectivity index (χ0v) is 12.4. The lowest BCUT2D eigenvalue weighted by Gasteiger charge is -2.19. The van der Waals surface area contributed by atoms with Crippen molar-refractivity contribution in [3.05, 3.63) is 22.7 Å². The Labute approximate surface area is 128 Å². The molecule has 0 amide bonds. The van der Waals surface area contributed by atoms with Gasteiger partial charge in [0.05, 0.1) is 5.02 Å². The molecule has 3 aliphatic carbocycles. The molecule has 21 heavy (non-hydrogen) atoms. The van der Waals surface area contributed by atoms with Gasteiger partial charge in [-0.15, -0.1) is 0 Å². The molecule has 110 valence electrons. The summed E-state index contributed by atoms with van der Waals surface area (Å²) >= 11 is 6.32. The molecule has 0 N–H and O–H groups in total. The number of ether oxygens (including phenoxy) is 2. The average Bonchev–Trinajstić information content (AvgIpc) is 2.93. The van der Waals surface area contributed by atoms with Crippen LogP contribution in [0.25, 0.3) is 0 Å². The van der Waals surface area contributed by atoms with E-state index in [2.05, 4.69) is 0 Å². The highest BCUT2D eigenvalue weighted by Gasteiger charge is 2.67. The molecule has 4 atom stereocenters. The molecule has 1 aromatic carbocycles. The summed E-state index contributed by atoms with van der Waals surface area (Å²) < 4.78 is 11.1. The molecule has 3 fully saturated rings. The summed E-state index contributed by atoms with van der Waals surface area (Å²) in [6.07, 6.45) is 4.00. The number of halogens is 1. The average molecular weight is 305 g/mol. The number of hydrogen-bond acceptors (Lipinski definition) is 3. The summed E-state index contributed by atoms with van der Waals surface area (Å²) in [7, 11) is 0. The highest BCUT2D eigenvalue weighted by atomic mass is 35.5. The summed E-state index contributed by atoms with van der Waals surface area (Å²) in [6, 6.07) is 3.52. The SMILES string of the molecule is O=C(c1cc2c(cc1Cl)OCCO2)C1C2C3CCC(C3)C12. The molecule has 0 saturated heterocycles. The van der Waals surface area contributed by atoms with Crippen LogP contribution in [0, 0.1) is 29.6 Å². The number of carbonyl (C=O) groups is 1. The van der Waals surface area contributed by atoms with E-state index in [1.54, 1.807) is 12.1 Å². The predicted molar refractivity (Wildman–Crippen MR) is 78.1 cm³/mol. The van der Waals surface area contributed by atoms with Crippen molar-refractivity contribution in [3.63, 3.8) is 0 Å². The van der Waals surface area contributed by atoms with Crippen LogP contribution in [0.5, 0.6) is 11.5 Å². The largest absolute Gasteiger partial charge is 0.486 e. The Morgan fingerprint density at radius 2 is 1.67 bits per heavy atom. The number of ketones is 1. The fourth-order valence-electron chi connectivity index (χ4n) is 5.11. The molecule has 3 saturated carbocycles. The summed E-state index contributed by atoms with van der Waals surface area (Å²) in [6.45, 7) is 1.06. The Morgan fingerprint density at radius 1 is 1.05 bits per heavy atom. The van der Waals surface area contributed by atoms with Crippen LogP contribution >= 0.6 is 11.6 Å². The molecule has 3 nitrogen and oxygen atoms in total. The van der Waals surface area contributed by atoms with Crippen molar-refractivity contribution in [2.24, 2.45) is 29.6 Å². The normalized spacial score (nSPS) is 38.2. The molecule has 1 aromatic rings. The highest BCUT2D eigenvalue weighted by molar-refractivity contribution is 6.34. The molecule has 4 unspecified atom stereocenters. The van der Waals surface area contributed by atoms with Crippen molar-refractivity contribution in [3.8, 4) is 11.5 Å². The quantitative estimate of drug-likeness (QED) is 0.783. The zero-order chi connectivity index (χ0) is 14.1. The van der Waals surface area contributed by atoms with Gasteiger partial charge < -0.3 is 9.47 Å². The summed E-state index contributed by atoms with van der Waals surface area (Å²) in [5.41, 5.74) is 0.625. The molecular weight excluding hydrogens is 288 g/mol. The van der Waals surface area contributed by atoms with Crippen molar-refractivity contribution in [2.45, 2.75) is 19.3 Å². The number of carbonyl (C=O) groups excluding carboxylic acids is 1. The van der Waals surface area contributed by atoms with Crippen LogP contribution in [0.15, 0.2) is 12.1 Å². The summed E-state index contributed by atoms with van der Waals surface area (Å²) in [5, 5.41) is 0.501. The standard InChI is InChI=1S/C17H17ClO3/c18-11-7-13-12(20-3-4-21-13)6-10(11)17(19)16-14-8-1-2-9(5-8)15(14)16/h6-9,14-16H,1-5H2. The zero-order valence-electron chi connectivity index (χ0n) is 11.7. The smallest absolute Gasteiger partial charge is 0.168 e. The van der Waals surface area contributed by atoms with E-state index in [0.717, 1.165) is 11.8 Å². The van der Waals surface area contributed by atoms with E-state index in [1.807, 2.05) is 0 Å². The first-order chi connectivity index (χ1) is 10.2. The van der Waals surface area contributed by atoms with Crippen molar-refractivity contribution in [1.82, 2.24) is 0 Å². The summed E-state index contributed by atoms with van der Waals surface area (Å²) in [5.74, 6) is 4.62. The van der Waals surface area contributed by atoms with Crippen LogP contribution in [0.1, 0.15) is 29.6 Å². The van der Waals surface area contributed by atoms with Gasteiger partial charge in [-0.1, -0.05) is 11.6 Å². The molecule has 1 heterocycles. The van der Waals surface area contributed by atoms with E-state index < -0.39 is 0 Å². The molecule has 0 spiro atoms. The van der Waals surface area contributed by atoms with Gasteiger partial charge in [-0.3, -0.25) is 4.79 Å². The van der Waals surface area contributed by atoms with E-state index in [4.69, 9.17) is 21.1 Å². The molecule has 5 rings (SSSR count). The van der Waals surface area contributed by atoms with E-state index >= 15 is 0 Å². The monoisotopic (exact) mass is 304 g/mol. The Balaban J connectivity index is 1.47. The van der Waals surface area contributed by atoms with Gasteiger partial charge in [0.15, 0.2) is 17.3 Å². The van der Waals surface area contributed by atoms with Crippen LogP contribution in [-0.4, -0.2) is 19.0 Å². The third-order valence-electron chi connectivity index (χ3n) is 5.94. The molecule has 4 heteroatoms. The first-order valence-electron chi connectivity index (χ1n) is 7.87.